The molecule has 124 valence electrons. The molecule has 5 N–H and O–H groups in total. The second-order valence-corrected chi connectivity index (χ2v) is 5.95. The first-order valence-corrected chi connectivity index (χ1v) is 8.11. The minimum absolute atomic E-state index is 0.235. The Balaban J connectivity index is 2.01. The van der Waals surface area contributed by atoms with Gasteiger partial charge in [-0.25, -0.2) is 11.7 Å². The number of fused-ring (bicyclic) bond motifs is 3. The van der Waals surface area contributed by atoms with Gasteiger partial charge in [-0.1, -0.05) is 18.2 Å². The first-order chi connectivity index (χ1) is 12.2. The normalized spacial score (nSPS) is 11.0. The van der Waals surface area contributed by atoms with E-state index in [1.54, 1.807) is 6.20 Å². The molecule has 0 aliphatic heterocycles. The smallest absolute Gasteiger partial charge is 0.202 e. The summed E-state index contributed by atoms with van der Waals surface area (Å²) >= 11 is 5.10. The SMILES string of the molecule is NNC(=S)N(N)c1ccc2c(c1)c1ncccc1n2-c1ccccc1. The Kier molecular flexibility index (Phi) is 3.81. The highest BCUT2D eigenvalue weighted by atomic mass is 32.1. The second-order valence-electron chi connectivity index (χ2n) is 5.56. The molecule has 6 nitrogen and oxygen atoms in total. The molecular formula is C18H16N6S. The monoisotopic (exact) mass is 348 g/mol. The molecule has 0 aliphatic rings. The van der Waals surface area contributed by atoms with Gasteiger partial charge in [0.15, 0.2) is 0 Å². The molecule has 2 heterocycles. The van der Waals surface area contributed by atoms with Gasteiger partial charge in [0.25, 0.3) is 0 Å². The van der Waals surface area contributed by atoms with Gasteiger partial charge in [-0.15, -0.1) is 0 Å². The Bertz CT molecular complexity index is 1070. The zero-order valence-electron chi connectivity index (χ0n) is 13.3. The fraction of sp³-hybridized carbons (Fsp3) is 0. The van der Waals surface area contributed by atoms with Gasteiger partial charge in [-0.3, -0.25) is 15.4 Å². The molecule has 4 aromatic rings. The number of rotatable bonds is 2. The number of anilines is 1. The summed E-state index contributed by atoms with van der Waals surface area (Å²) in [7, 11) is 0. The lowest BCUT2D eigenvalue weighted by atomic mass is 10.2. The number of hydrogen-bond acceptors (Lipinski definition) is 4. The van der Waals surface area contributed by atoms with Crippen molar-refractivity contribution >= 4 is 45.0 Å². The van der Waals surface area contributed by atoms with Crippen LogP contribution in [-0.4, -0.2) is 14.7 Å². The standard InChI is InChI=1S/C18H16N6S/c19-22-18(25)24(20)13-8-9-15-14(11-13)17-16(7-4-10-21-17)23(15)12-5-2-1-3-6-12/h1-11H,19-20H2,(H,22,25). The van der Waals surface area contributed by atoms with Crippen molar-refractivity contribution in [1.29, 1.82) is 0 Å². The van der Waals surface area contributed by atoms with Crippen LogP contribution in [0.3, 0.4) is 0 Å². The predicted octanol–water partition coefficient (Wildman–Crippen LogP) is 2.61. The van der Waals surface area contributed by atoms with E-state index in [1.807, 2.05) is 42.5 Å². The Morgan fingerprint density at radius 2 is 1.84 bits per heavy atom. The third-order valence-electron chi connectivity index (χ3n) is 4.14. The number of aromatic nitrogens is 2. The second kappa shape index (κ2) is 6.14. The van der Waals surface area contributed by atoms with E-state index >= 15 is 0 Å². The summed E-state index contributed by atoms with van der Waals surface area (Å²) in [5, 5.41) is 2.56. The first kappa shape index (κ1) is 15.5. The van der Waals surface area contributed by atoms with Crippen LogP contribution in [0.5, 0.6) is 0 Å². The molecule has 2 aromatic heterocycles. The van der Waals surface area contributed by atoms with E-state index in [0.29, 0.717) is 0 Å². The molecule has 0 radical (unpaired) electrons. The zero-order chi connectivity index (χ0) is 17.4. The maximum absolute atomic E-state index is 6.02. The third-order valence-corrected chi connectivity index (χ3v) is 4.45. The average Bonchev–Trinajstić information content (AvgIpc) is 3.01. The highest BCUT2D eigenvalue weighted by molar-refractivity contribution is 7.80. The van der Waals surface area contributed by atoms with Gasteiger partial charge in [-0.05, 0) is 54.7 Å². The first-order valence-electron chi connectivity index (χ1n) is 7.70. The van der Waals surface area contributed by atoms with E-state index in [2.05, 4.69) is 33.2 Å². The molecule has 4 rings (SSSR count). The van der Waals surface area contributed by atoms with Crippen LogP contribution in [-0.2, 0) is 0 Å². The molecule has 0 bridgehead atoms. The molecule has 2 aromatic carbocycles. The zero-order valence-corrected chi connectivity index (χ0v) is 14.1. The number of nitrogens with two attached hydrogens (primary N) is 2. The highest BCUT2D eigenvalue weighted by Crippen LogP contribution is 2.32. The fourth-order valence-corrected chi connectivity index (χ4v) is 3.12. The molecule has 0 amide bonds. The van der Waals surface area contributed by atoms with Crippen LogP contribution >= 0.6 is 12.2 Å². The molecule has 0 saturated heterocycles. The van der Waals surface area contributed by atoms with Crippen molar-refractivity contribution in [2.45, 2.75) is 0 Å². The van der Waals surface area contributed by atoms with Crippen molar-refractivity contribution in [3.63, 3.8) is 0 Å². The lowest BCUT2D eigenvalue weighted by Crippen LogP contribution is -2.47. The highest BCUT2D eigenvalue weighted by Gasteiger charge is 2.15. The Hall–Kier alpha value is -3.00. The third kappa shape index (κ3) is 2.51. The largest absolute Gasteiger partial charge is 0.308 e. The summed E-state index contributed by atoms with van der Waals surface area (Å²) in [4.78, 5) is 4.57. The topological polar surface area (TPSA) is 85.1 Å². The number of para-hydroxylation sites is 1. The van der Waals surface area contributed by atoms with Gasteiger partial charge in [0.05, 0.1) is 22.2 Å². The maximum atomic E-state index is 6.02. The molecular weight excluding hydrogens is 332 g/mol. The summed E-state index contributed by atoms with van der Waals surface area (Å²) < 4.78 is 2.18. The van der Waals surface area contributed by atoms with Gasteiger partial charge in [-0.2, -0.15) is 0 Å². The molecule has 0 unspecified atom stereocenters. The van der Waals surface area contributed by atoms with E-state index in [4.69, 9.17) is 23.9 Å². The van der Waals surface area contributed by atoms with E-state index < -0.39 is 0 Å². The van der Waals surface area contributed by atoms with Gasteiger partial charge >= 0.3 is 0 Å². The number of nitrogens with one attached hydrogen (secondary N) is 1. The summed E-state index contributed by atoms with van der Waals surface area (Å²) in [5.74, 6) is 11.4. The van der Waals surface area contributed by atoms with Crippen LogP contribution in [0.2, 0.25) is 0 Å². The van der Waals surface area contributed by atoms with Crippen LogP contribution < -0.4 is 22.1 Å². The lowest BCUT2D eigenvalue weighted by molar-refractivity contribution is 0.980. The number of benzene rings is 2. The number of hydrazine groups is 2. The van der Waals surface area contributed by atoms with E-state index in [9.17, 15) is 0 Å². The number of pyridine rings is 1. The molecule has 0 aliphatic carbocycles. The van der Waals surface area contributed by atoms with Gasteiger partial charge in [0, 0.05) is 17.3 Å². The summed E-state index contributed by atoms with van der Waals surface area (Å²) in [5.41, 5.74) is 7.18. The van der Waals surface area contributed by atoms with Gasteiger partial charge < -0.3 is 4.57 Å². The minimum Gasteiger partial charge on any atom is -0.308 e. The van der Waals surface area contributed by atoms with E-state index in [0.717, 1.165) is 33.3 Å². The fourth-order valence-electron chi connectivity index (χ4n) is 3.02. The molecule has 0 atom stereocenters. The van der Waals surface area contributed by atoms with E-state index in [1.165, 1.54) is 5.01 Å². The molecule has 0 fully saturated rings. The number of nitrogens with zero attached hydrogens (tertiary/aromatic N) is 3. The predicted molar refractivity (Wildman–Crippen MR) is 105 cm³/mol. The van der Waals surface area contributed by atoms with E-state index in [-0.39, 0.29) is 5.11 Å². The van der Waals surface area contributed by atoms with Crippen molar-refractivity contribution in [2.75, 3.05) is 5.01 Å². The molecule has 7 heteroatoms. The minimum atomic E-state index is 0.235. The van der Waals surface area contributed by atoms with Crippen molar-refractivity contribution in [3.05, 3.63) is 66.9 Å². The van der Waals surface area contributed by atoms with Crippen molar-refractivity contribution in [2.24, 2.45) is 11.7 Å². The number of thiocarbonyl (C=S) groups is 1. The van der Waals surface area contributed by atoms with Crippen LogP contribution in [0.4, 0.5) is 5.69 Å². The van der Waals surface area contributed by atoms with Crippen LogP contribution in [0.25, 0.3) is 27.6 Å². The Morgan fingerprint density at radius 1 is 1.04 bits per heavy atom. The average molecular weight is 348 g/mol. The Labute approximate surface area is 149 Å². The van der Waals surface area contributed by atoms with Crippen LogP contribution in [0.1, 0.15) is 0 Å². The number of hydrogen-bond donors (Lipinski definition) is 3. The van der Waals surface area contributed by atoms with Gasteiger partial charge in [0.1, 0.15) is 0 Å². The van der Waals surface area contributed by atoms with Crippen molar-refractivity contribution in [3.8, 4) is 5.69 Å². The molecule has 0 spiro atoms. The summed E-state index contributed by atoms with van der Waals surface area (Å²) in [6.45, 7) is 0. The van der Waals surface area contributed by atoms with Crippen LogP contribution in [0, 0.1) is 0 Å². The summed E-state index contributed by atoms with van der Waals surface area (Å²) in [6.07, 6.45) is 1.79. The molecule has 0 saturated carbocycles. The summed E-state index contributed by atoms with van der Waals surface area (Å²) in [6, 6.07) is 20.1. The quantitative estimate of drug-likeness (QED) is 0.293. The van der Waals surface area contributed by atoms with Crippen molar-refractivity contribution < 1.29 is 0 Å². The Morgan fingerprint density at radius 3 is 2.60 bits per heavy atom. The van der Waals surface area contributed by atoms with Gasteiger partial charge in [0.2, 0.25) is 5.11 Å². The lowest BCUT2D eigenvalue weighted by Gasteiger charge is -2.18. The maximum Gasteiger partial charge on any atom is 0.202 e. The molecule has 25 heavy (non-hydrogen) atoms. The van der Waals surface area contributed by atoms with Crippen LogP contribution in [0.15, 0.2) is 66.9 Å². The van der Waals surface area contributed by atoms with Crippen molar-refractivity contribution in [1.82, 2.24) is 15.0 Å².